The number of nitrogens with one attached hydrogen (secondary N) is 2. The Morgan fingerprint density at radius 1 is 1.60 bits per heavy atom. The van der Waals surface area contributed by atoms with Gasteiger partial charge in [0, 0.05) is 6.54 Å². The molecule has 0 unspecified atom stereocenters. The van der Waals surface area contributed by atoms with E-state index in [1.165, 1.54) is 6.33 Å². The minimum atomic E-state index is -0.374. The molecule has 0 atom stereocenters. The van der Waals surface area contributed by atoms with Crippen LogP contribution in [-0.2, 0) is 0 Å². The van der Waals surface area contributed by atoms with Crippen LogP contribution < -0.4 is 21.3 Å². The zero-order valence-electron chi connectivity index (χ0n) is 8.75. The zero-order valence-corrected chi connectivity index (χ0v) is 8.75. The van der Waals surface area contributed by atoms with Gasteiger partial charge in [0.05, 0.1) is 6.33 Å². The van der Waals surface area contributed by atoms with Crippen LogP contribution in [0.2, 0.25) is 0 Å². The van der Waals surface area contributed by atoms with E-state index in [0.29, 0.717) is 13.2 Å². The summed E-state index contributed by atoms with van der Waals surface area (Å²) in [6.45, 7) is 4.19. The molecule has 0 radical (unpaired) electrons. The third kappa shape index (κ3) is 3.59. The Balaban J connectivity index is 2.38. The average Bonchev–Trinajstić information content (AvgIpc) is 2.24. The molecule has 0 aromatic carbocycles. The number of aromatic amines is 1. The quantitative estimate of drug-likeness (QED) is 0.564. The van der Waals surface area contributed by atoms with Crippen LogP contribution in [0, 0.1) is 0 Å². The number of ether oxygens (including phenoxy) is 1. The molecule has 1 rings (SSSR count). The maximum absolute atomic E-state index is 11.1. The lowest BCUT2D eigenvalue weighted by molar-refractivity contribution is 0.303. The first kappa shape index (κ1) is 11.5. The van der Waals surface area contributed by atoms with Gasteiger partial charge in [0.2, 0.25) is 5.88 Å². The molecule has 1 heterocycles. The molecule has 1 aromatic heterocycles. The van der Waals surface area contributed by atoms with Crippen molar-refractivity contribution in [1.82, 2.24) is 15.3 Å². The Kier molecular flexibility index (Phi) is 4.62. The molecule has 0 fully saturated rings. The molecule has 0 saturated heterocycles. The molecule has 1 aromatic rings. The zero-order chi connectivity index (χ0) is 11.1. The summed E-state index contributed by atoms with van der Waals surface area (Å²) in [5.74, 6) is 0.192. The summed E-state index contributed by atoms with van der Waals surface area (Å²) in [5, 5.41) is 3.16. The van der Waals surface area contributed by atoms with Gasteiger partial charge in [-0.05, 0) is 13.0 Å². The van der Waals surface area contributed by atoms with Crippen molar-refractivity contribution in [3.63, 3.8) is 0 Å². The fraction of sp³-hybridized carbons (Fsp3) is 0.556. The predicted octanol–water partition coefficient (Wildman–Crippen LogP) is -0.269. The molecular formula is C9H16N4O2. The van der Waals surface area contributed by atoms with Crippen molar-refractivity contribution in [3.05, 3.63) is 16.7 Å². The molecule has 15 heavy (non-hydrogen) atoms. The van der Waals surface area contributed by atoms with Gasteiger partial charge in [-0.3, -0.25) is 4.79 Å². The van der Waals surface area contributed by atoms with Gasteiger partial charge >= 0.3 is 0 Å². The molecule has 6 nitrogen and oxygen atoms in total. The van der Waals surface area contributed by atoms with E-state index < -0.39 is 0 Å². The van der Waals surface area contributed by atoms with Gasteiger partial charge in [0.25, 0.3) is 5.56 Å². The Morgan fingerprint density at radius 3 is 3.13 bits per heavy atom. The third-order valence-electron chi connectivity index (χ3n) is 1.80. The first-order chi connectivity index (χ1) is 7.25. The third-order valence-corrected chi connectivity index (χ3v) is 1.80. The van der Waals surface area contributed by atoms with Gasteiger partial charge in [-0.1, -0.05) is 6.92 Å². The molecule has 0 aliphatic carbocycles. The first-order valence-corrected chi connectivity index (χ1v) is 4.92. The summed E-state index contributed by atoms with van der Waals surface area (Å²) >= 11 is 0. The highest BCUT2D eigenvalue weighted by Gasteiger charge is 2.04. The van der Waals surface area contributed by atoms with E-state index >= 15 is 0 Å². The van der Waals surface area contributed by atoms with Crippen LogP contribution in [0.1, 0.15) is 13.3 Å². The molecule has 0 saturated carbocycles. The largest absolute Gasteiger partial charge is 0.475 e. The van der Waals surface area contributed by atoms with E-state index in [4.69, 9.17) is 10.5 Å². The number of rotatable bonds is 6. The summed E-state index contributed by atoms with van der Waals surface area (Å²) in [5.41, 5.74) is 5.12. The highest BCUT2D eigenvalue weighted by molar-refractivity contribution is 5.44. The van der Waals surface area contributed by atoms with E-state index in [2.05, 4.69) is 22.2 Å². The predicted molar refractivity (Wildman–Crippen MR) is 57.9 cm³/mol. The fourth-order valence-corrected chi connectivity index (χ4v) is 1.03. The number of H-pyrrole nitrogens is 1. The molecule has 0 bridgehead atoms. The Hall–Kier alpha value is -1.56. The standard InChI is InChI=1S/C9H16N4O2/c1-2-3-11-4-5-15-9-7(10)8(14)12-6-13-9/h6,11H,2-5,10H2,1H3,(H,12,13,14). The molecule has 0 spiro atoms. The molecule has 0 amide bonds. The summed E-state index contributed by atoms with van der Waals surface area (Å²) in [4.78, 5) is 17.2. The van der Waals surface area contributed by atoms with Crippen molar-refractivity contribution in [2.45, 2.75) is 13.3 Å². The Morgan fingerprint density at radius 2 is 2.40 bits per heavy atom. The van der Waals surface area contributed by atoms with Crippen molar-refractivity contribution < 1.29 is 4.74 Å². The van der Waals surface area contributed by atoms with Crippen LogP contribution in [0.25, 0.3) is 0 Å². The highest BCUT2D eigenvalue weighted by Crippen LogP contribution is 2.09. The Labute approximate surface area is 87.9 Å². The average molecular weight is 212 g/mol. The molecular weight excluding hydrogens is 196 g/mol. The first-order valence-electron chi connectivity index (χ1n) is 4.92. The number of hydrogen-bond donors (Lipinski definition) is 3. The van der Waals surface area contributed by atoms with E-state index in [0.717, 1.165) is 13.0 Å². The van der Waals surface area contributed by atoms with Crippen molar-refractivity contribution in [2.75, 3.05) is 25.4 Å². The van der Waals surface area contributed by atoms with Gasteiger partial charge in [-0.2, -0.15) is 0 Å². The number of nitrogens with two attached hydrogens (primary N) is 1. The van der Waals surface area contributed by atoms with Crippen molar-refractivity contribution in [3.8, 4) is 5.88 Å². The van der Waals surface area contributed by atoms with Gasteiger partial charge < -0.3 is 20.8 Å². The van der Waals surface area contributed by atoms with E-state index in [-0.39, 0.29) is 17.1 Å². The SMILES string of the molecule is CCCNCCOc1nc[nH]c(=O)c1N. The molecule has 84 valence electrons. The molecule has 0 aliphatic heterocycles. The number of hydrogen-bond acceptors (Lipinski definition) is 5. The number of nitrogens with zero attached hydrogens (tertiary/aromatic N) is 1. The summed E-state index contributed by atoms with van der Waals surface area (Å²) < 4.78 is 5.25. The maximum Gasteiger partial charge on any atom is 0.277 e. The highest BCUT2D eigenvalue weighted by atomic mass is 16.5. The summed E-state index contributed by atoms with van der Waals surface area (Å²) in [6.07, 6.45) is 2.35. The second-order valence-electron chi connectivity index (χ2n) is 3.05. The molecule has 6 heteroatoms. The normalized spacial score (nSPS) is 10.2. The van der Waals surface area contributed by atoms with Gasteiger partial charge in [-0.25, -0.2) is 4.98 Å². The summed E-state index contributed by atoms with van der Waals surface area (Å²) in [7, 11) is 0. The lowest BCUT2D eigenvalue weighted by Crippen LogP contribution is -2.23. The smallest absolute Gasteiger partial charge is 0.277 e. The minimum absolute atomic E-state index is 0.0213. The minimum Gasteiger partial charge on any atom is -0.475 e. The van der Waals surface area contributed by atoms with Crippen molar-refractivity contribution >= 4 is 5.69 Å². The van der Waals surface area contributed by atoms with E-state index in [9.17, 15) is 4.79 Å². The second kappa shape index (κ2) is 6.02. The summed E-state index contributed by atoms with van der Waals surface area (Å²) in [6, 6.07) is 0. The monoisotopic (exact) mass is 212 g/mol. The number of nitrogen functional groups attached to an aromatic ring is 1. The van der Waals surface area contributed by atoms with Crippen LogP contribution >= 0.6 is 0 Å². The molecule has 4 N–H and O–H groups in total. The fourth-order valence-electron chi connectivity index (χ4n) is 1.03. The van der Waals surface area contributed by atoms with Gasteiger partial charge in [0.1, 0.15) is 6.61 Å². The van der Waals surface area contributed by atoms with Crippen molar-refractivity contribution in [2.24, 2.45) is 0 Å². The van der Waals surface area contributed by atoms with E-state index in [1.807, 2.05) is 0 Å². The number of anilines is 1. The van der Waals surface area contributed by atoms with Gasteiger partial charge in [-0.15, -0.1) is 0 Å². The van der Waals surface area contributed by atoms with Crippen molar-refractivity contribution in [1.29, 1.82) is 0 Å². The number of aromatic nitrogens is 2. The lowest BCUT2D eigenvalue weighted by Gasteiger charge is -2.06. The lowest BCUT2D eigenvalue weighted by atomic mass is 10.5. The van der Waals surface area contributed by atoms with Crippen LogP contribution in [0.3, 0.4) is 0 Å². The van der Waals surface area contributed by atoms with Crippen LogP contribution in [-0.4, -0.2) is 29.7 Å². The topological polar surface area (TPSA) is 93.0 Å². The van der Waals surface area contributed by atoms with Crippen LogP contribution in [0.5, 0.6) is 5.88 Å². The molecule has 0 aliphatic rings. The van der Waals surface area contributed by atoms with E-state index in [1.54, 1.807) is 0 Å². The van der Waals surface area contributed by atoms with Gasteiger partial charge in [0.15, 0.2) is 5.69 Å². The maximum atomic E-state index is 11.1. The Bertz CT molecular complexity index is 350. The van der Waals surface area contributed by atoms with Crippen LogP contribution in [0.4, 0.5) is 5.69 Å². The second-order valence-corrected chi connectivity index (χ2v) is 3.05. The van der Waals surface area contributed by atoms with Crippen LogP contribution in [0.15, 0.2) is 11.1 Å².